The maximum absolute atomic E-state index is 13.3. The number of carbonyl (C=O) groups is 2. The number of hydrogen-bond donors (Lipinski definition) is 1. The first-order chi connectivity index (χ1) is 15.4. The second kappa shape index (κ2) is 9.63. The molecule has 0 aliphatic carbocycles. The van der Waals surface area contributed by atoms with Crippen molar-refractivity contribution in [2.75, 3.05) is 31.1 Å². The third-order valence-electron chi connectivity index (χ3n) is 6.49. The minimum atomic E-state index is -0.0518. The molecule has 0 radical (unpaired) electrons. The van der Waals surface area contributed by atoms with Gasteiger partial charge in [0.1, 0.15) is 11.9 Å². The number of nitrogens with one attached hydrogen (secondary N) is 1. The Morgan fingerprint density at radius 2 is 1.84 bits per heavy atom. The maximum atomic E-state index is 13.3. The first-order valence-electron chi connectivity index (χ1n) is 11.6. The van der Waals surface area contributed by atoms with Crippen molar-refractivity contribution in [3.63, 3.8) is 0 Å². The van der Waals surface area contributed by atoms with Gasteiger partial charge in [-0.25, -0.2) is 4.79 Å². The first kappa shape index (κ1) is 22.2. The molecule has 0 bridgehead atoms. The van der Waals surface area contributed by atoms with Crippen molar-refractivity contribution < 1.29 is 14.3 Å². The van der Waals surface area contributed by atoms with Crippen molar-refractivity contribution in [3.05, 3.63) is 59.7 Å². The molecule has 2 aliphatic rings. The van der Waals surface area contributed by atoms with Gasteiger partial charge in [-0.15, -0.1) is 0 Å². The van der Waals surface area contributed by atoms with E-state index < -0.39 is 0 Å². The first-order valence-corrected chi connectivity index (χ1v) is 11.6. The smallest absolute Gasteiger partial charge is 0.324 e. The number of aryl methyl sites for hydroxylation is 1. The van der Waals surface area contributed by atoms with E-state index in [2.05, 4.69) is 24.4 Å². The molecule has 0 unspecified atom stereocenters. The van der Waals surface area contributed by atoms with Crippen molar-refractivity contribution in [1.82, 2.24) is 10.2 Å². The Kier molecular flexibility index (Phi) is 6.68. The van der Waals surface area contributed by atoms with E-state index in [4.69, 9.17) is 4.74 Å². The van der Waals surface area contributed by atoms with Gasteiger partial charge in [0.15, 0.2) is 0 Å². The van der Waals surface area contributed by atoms with E-state index in [-0.39, 0.29) is 29.9 Å². The molecule has 0 saturated carbocycles. The summed E-state index contributed by atoms with van der Waals surface area (Å²) in [6.07, 6.45) is 1.33. The minimum Gasteiger partial charge on any atom is -0.487 e. The van der Waals surface area contributed by atoms with Crippen molar-refractivity contribution >= 4 is 17.6 Å². The van der Waals surface area contributed by atoms with Crippen LogP contribution in [0, 0.1) is 12.8 Å². The van der Waals surface area contributed by atoms with Crippen LogP contribution >= 0.6 is 0 Å². The number of fused-ring (bicyclic) bond motifs is 1. The van der Waals surface area contributed by atoms with E-state index in [1.807, 2.05) is 60.0 Å². The number of carbonyl (C=O) groups excluding carboxylic acids is 2. The van der Waals surface area contributed by atoms with Crippen LogP contribution in [0.2, 0.25) is 0 Å². The molecule has 1 saturated heterocycles. The molecule has 4 rings (SSSR count). The lowest BCUT2D eigenvalue weighted by Crippen LogP contribution is -2.52. The van der Waals surface area contributed by atoms with Gasteiger partial charge < -0.3 is 15.0 Å². The quantitative estimate of drug-likeness (QED) is 0.777. The van der Waals surface area contributed by atoms with E-state index in [0.717, 1.165) is 17.0 Å². The van der Waals surface area contributed by atoms with Crippen molar-refractivity contribution in [3.8, 4) is 5.75 Å². The molecule has 170 valence electrons. The molecule has 32 heavy (non-hydrogen) atoms. The molecule has 6 heteroatoms. The Bertz CT molecular complexity index is 954. The molecule has 0 aromatic heterocycles. The SMILES string of the molecule is Cc1ccc2c(c1)N(C(=O)N1CCC(C(=O)NC[C@H](C)c3ccccc3)CC1)C[C@H](C)O2. The average molecular weight is 436 g/mol. The Morgan fingerprint density at radius 1 is 1.12 bits per heavy atom. The summed E-state index contributed by atoms with van der Waals surface area (Å²) in [5.41, 5.74) is 3.16. The van der Waals surface area contributed by atoms with E-state index in [1.54, 1.807) is 0 Å². The van der Waals surface area contributed by atoms with Gasteiger partial charge in [-0.2, -0.15) is 0 Å². The molecule has 1 N–H and O–H groups in total. The van der Waals surface area contributed by atoms with Crippen LogP contribution in [0.25, 0.3) is 0 Å². The normalized spacial score (nSPS) is 19.7. The van der Waals surface area contributed by atoms with Crippen LogP contribution < -0.4 is 15.0 Å². The third kappa shape index (κ3) is 4.90. The fraction of sp³-hybridized carbons (Fsp3) is 0.462. The fourth-order valence-electron chi connectivity index (χ4n) is 4.53. The molecule has 0 spiro atoms. The number of benzene rings is 2. The number of amides is 3. The molecule has 2 heterocycles. The van der Waals surface area contributed by atoms with Gasteiger partial charge in [0, 0.05) is 25.6 Å². The van der Waals surface area contributed by atoms with Crippen LogP contribution in [0.15, 0.2) is 48.5 Å². The number of rotatable bonds is 4. The Labute approximate surface area is 190 Å². The van der Waals surface area contributed by atoms with E-state index in [9.17, 15) is 9.59 Å². The highest BCUT2D eigenvalue weighted by molar-refractivity contribution is 5.94. The van der Waals surface area contributed by atoms with Crippen molar-refractivity contribution in [2.45, 2.75) is 45.6 Å². The number of ether oxygens (including phenoxy) is 1. The van der Waals surface area contributed by atoms with Crippen LogP contribution in [0.5, 0.6) is 5.75 Å². The van der Waals surface area contributed by atoms with E-state index in [1.165, 1.54) is 5.56 Å². The van der Waals surface area contributed by atoms with Crippen molar-refractivity contribution in [1.29, 1.82) is 0 Å². The number of likely N-dealkylation sites (tertiary alicyclic amines) is 1. The molecule has 2 aliphatic heterocycles. The largest absolute Gasteiger partial charge is 0.487 e. The highest BCUT2D eigenvalue weighted by Crippen LogP contribution is 2.35. The Morgan fingerprint density at radius 3 is 2.56 bits per heavy atom. The second-order valence-electron chi connectivity index (χ2n) is 9.11. The fourth-order valence-corrected chi connectivity index (χ4v) is 4.53. The Hall–Kier alpha value is -3.02. The predicted octanol–water partition coefficient (Wildman–Crippen LogP) is 4.33. The standard InChI is InChI=1S/C26H33N3O3/c1-18-9-10-24-23(15-18)29(17-20(3)32-24)26(31)28-13-11-22(12-14-28)25(30)27-16-19(2)21-7-5-4-6-8-21/h4-10,15,19-20,22H,11-14,16-17H2,1-3H3,(H,27,30)/t19-,20-/m0/s1. The molecule has 6 nitrogen and oxygen atoms in total. The summed E-state index contributed by atoms with van der Waals surface area (Å²) in [6, 6.07) is 16.2. The highest BCUT2D eigenvalue weighted by Gasteiger charge is 2.34. The molecule has 2 atom stereocenters. The zero-order valence-corrected chi connectivity index (χ0v) is 19.2. The number of nitrogens with zero attached hydrogens (tertiary/aromatic N) is 2. The average Bonchev–Trinajstić information content (AvgIpc) is 2.82. The molecular weight excluding hydrogens is 402 g/mol. The minimum absolute atomic E-state index is 0.00329. The number of urea groups is 1. The summed E-state index contributed by atoms with van der Waals surface area (Å²) < 4.78 is 5.92. The van der Waals surface area contributed by atoms with Gasteiger partial charge >= 0.3 is 6.03 Å². The van der Waals surface area contributed by atoms with Gasteiger partial charge in [0.25, 0.3) is 0 Å². The lowest BCUT2D eigenvalue weighted by Gasteiger charge is -2.39. The summed E-state index contributed by atoms with van der Waals surface area (Å²) in [4.78, 5) is 29.7. The maximum Gasteiger partial charge on any atom is 0.324 e. The summed E-state index contributed by atoms with van der Waals surface area (Å²) in [6.45, 7) is 8.48. The molecule has 2 aromatic carbocycles. The van der Waals surface area contributed by atoms with Gasteiger partial charge in [-0.1, -0.05) is 43.3 Å². The van der Waals surface area contributed by atoms with E-state index in [0.29, 0.717) is 39.0 Å². The monoisotopic (exact) mass is 435 g/mol. The lowest BCUT2D eigenvalue weighted by molar-refractivity contribution is -0.126. The zero-order chi connectivity index (χ0) is 22.7. The van der Waals surface area contributed by atoms with E-state index >= 15 is 0 Å². The highest BCUT2D eigenvalue weighted by atomic mass is 16.5. The summed E-state index contributed by atoms with van der Waals surface area (Å²) in [5.74, 6) is 1.08. The van der Waals surface area contributed by atoms with Gasteiger partial charge in [-0.05, 0) is 55.9 Å². The van der Waals surface area contributed by atoms with Crippen molar-refractivity contribution in [2.24, 2.45) is 5.92 Å². The number of piperidine rings is 1. The molecule has 2 aromatic rings. The van der Waals surface area contributed by atoms with Crippen LogP contribution in [0.4, 0.5) is 10.5 Å². The van der Waals surface area contributed by atoms with Crippen LogP contribution in [0.1, 0.15) is 43.7 Å². The number of anilines is 1. The van der Waals surface area contributed by atoms with Gasteiger partial charge in [0.2, 0.25) is 5.91 Å². The topological polar surface area (TPSA) is 61.9 Å². The van der Waals surface area contributed by atoms with Gasteiger partial charge in [0.05, 0.1) is 12.2 Å². The van der Waals surface area contributed by atoms with Gasteiger partial charge in [-0.3, -0.25) is 9.69 Å². The second-order valence-corrected chi connectivity index (χ2v) is 9.11. The Balaban J connectivity index is 1.31. The van der Waals surface area contributed by atoms with Crippen LogP contribution in [-0.4, -0.2) is 49.1 Å². The summed E-state index contributed by atoms with van der Waals surface area (Å²) in [5, 5.41) is 3.11. The zero-order valence-electron chi connectivity index (χ0n) is 19.2. The summed E-state index contributed by atoms with van der Waals surface area (Å²) in [7, 11) is 0. The third-order valence-corrected chi connectivity index (χ3v) is 6.49. The lowest BCUT2D eigenvalue weighted by atomic mass is 9.95. The van der Waals surface area contributed by atoms with Crippen LogP contribution in [0.3, 0.4) is 0 Å². The summed E-state index contributed by atoms with van der Waals surface area (Å²) >= 11 is 0. The molecule has 1 fully saturated rings. The predicted molar refractivity (Wildman–Crippen MR) is 126 cm³/mol. The molecular formula is C26H33N3O3. The number of hydrogen-bond acceptors (Lipinski definition) is 3. The van der Waals surface area contributed by atoms with Crippen LogP contribution in [-0.2, 0) is 4.79 Å². The molecule has 3 amide bonds.